The van der Waals surface area contributed by atoms with Crippen molar-refractivity contribution in [3.05, 3.63) is 0 Å². The highest BCUT2D eigenvalue weighted by atomic mass is 31.2. The van der Waals surface area contributed by atoms with Crippen LogP contribution in [0.2, 0.25) is 0 Å². The SMILES string of the molecule is COP(=O)(OC)C(O)(CN)P(=O)(OC)OC. The minimum atomic E-state index is -4.14. The van der Waals surface area contributed by atoms with Crippen molar-refractivity contribution < 1.29 is 32.3 Å². The average Bonchev–Trinajstić information content (AvgIpc) is 2.35. The van der Waals surface area contributed by atoms with Gasteiger partial charge in [0.2, 0.25) is 0 Å². The molecule has 0 unspecified atom stereocenters. The fourth-order valence-corrected chi connectivity index (χ4v) is 5.20. The summed E-state index contributed by atoms with van der Waals surface area (Å²) < 4.78 is 42.4. The standard InChI is InChI=1S/C6H17NO7P2/c1-11-15(9,12-2)6(8,5-7)16(10,13-3)14-4/h8H,5,7H2,1-4H3. The van der Waals surface area contributed by atoms with Gasteiger partial charge in [0.05, 0.1) is 0 Å². The van der Waals surface area contributed by atoms with E-state index in [2.05, 4.69) is 18.1 Å². The summed E-state index contributed by atoms with van der Waals surface area (Å²) in [5.74, 6) is 0. The first-order chi connectivity index (χ1) is 7.30. The summed E-state index contributed by atoms with van der Waals surface area (Å²) in [5, 5.41) is 7.56. The van der Waals surface area contributed by atoms with Crippen molar-refractivity contribution in [3.8, 4) is 0 Å². The Morgan fingerprint density at radius 1 is 1.00 bits per heavy atom. The summed E-state index contributed by atoms with van der Waals surface area (Å²) in [6, 6.07) is 0. The lowest BCUT2D eigenvalue weighted by Crippen LogP contribution is -2.39. The number of aliphatic hydroxyl groups is 1. The third-order valence-corrected chi connectivity index (χ3v) is 7.62. The fourth-order valence-electron chi connectivity index (χ4n) is 1.11. The number of rotatable bonds is 7. The number of hydrogen-bond donors (Lipinski definition) is 2. The lowest BCUT2D eigenvalue weighted by molar-refractivity contribution is 0.109. The van der Waals surface area contributed by atoms with Gasteiger partial charge in [0, 0.05) is 35.0 Å². The highest BCUT2D eigenvalue weighted by Gasteiger charge is 2.63. The third kappa shape index (κ3) is 2.25. The molecule has 0 saturated carbocycles. The van der Waals surface area contributed by atoms with Crippen LogP contribution in [0.3, 0.4) is 0 Å². The zero-order valence-corrected chi connectivity index (χ0v) is 11.4. The lowest BCUT2D eigenvalue weighted by Gasteiger charge is -2.35. The minimum absolute atomic E-state index is 0.676. The van der Waals surface area contributed by atoms with Crippen LogP contribution in [0.5, 0.6) is 0 Å². The van der Waals surface area contributed by atoms with Gasteiger partial charge in [-0.3, -0.25) is 9.13 Å². The van der Waals surface area contributed by atoms with E-state index in [9.17, 15) is 14.2 Å². The summed E-state index contributed by atoms with van der Waals surface area (Å²) in [7, 11) is -4.17. The van der Waals surface area contributed by atoms with Crippen LogP contribution in [0.4, 0.5) is 0 Å². The van der Waals surface area contributed by atoms with E-state index in [0.29, 0.717) is 0 Å². The third-order valence-electron chi connectivity index (χ3n) is 2.11. The van der Waals surface area contributed by atoms with Crippen LogP contribution in [0, 0.1) is 0 Å². The van der Waals surface area contributed by atoms with Gasteiger partial charge in [0.1, 0.15) is 0 Å². The van der Waals surface area contributed by atoms with Gasteiger partial charge >= 0.3 is 15.2 Å². The summed E-state index contributed by atoms with van der Waals surface area (Å²) in [5.41, 5.74) is 5.27. The maximum absolute atomic E-state index is 12.1. The predicted octanol–water partition coefficient (Wildman–Crippen LogP) is 0.563. The van der Waals surface area contributed by atoms with Crippen molar-refractivity contribution in [2.24, 2.45) is 5.73 Å². The normalized spacial score (nSPS) is 14.1. The molecule has 0 saturated heterocycles. The summed E-state index contributed by atoms with van der Waals surface area (Å²) >= 11 is 0. The van der Waals surface area contributed by atoms with Gasteiger partial charge in [-0.05, 0) is 0 Å². The van der Waals surface area contributed by atoms with Crippen molar-refractivity contribution in [3.63, 3.8) is 0 Å². The topological polar surface area (TPSA) is 117 Å². The monoisotopic (exact) mass is 277 g/mol. The molecule has 0 aliphatic carbocycles. The molecule has 0 spiro atoms. The second kappa shape index (κ2) is 5.71. The van der Waals surface area contributed by atoms with E-state index in [4.69, 9.17) is 5.73 Å². The van der Waals surface area contributed by atoms with Gasteiger partial charge < -0.3 is 28.9 Å². The maximum atomic E-state index is 12.1. The largest absolute Gasteiger partial charge is 0.375 e. The van der Waals surface area contributed by atoms with Gasteiger partial charge in [0.25, 0.3) is 5.08 Å². The zero-order valence-electron chi connectivity index (χ0n) is 9.58. The van der Waals surface area contributed by atoms with Crippen molar-refractivity contribution in [1.82, 2.24) is 0 Å². The number of hydrogen-bond acceptors (Lipinski definition) is 8. The Kier molecular flexibility index (Phi) is 5.79. The molecule has 0 aliphatic rings. The lowest BCUT2D eigenvalue weighted by atomic mass is 10.7. The molecule has 0 amide bonds. The molecule has 3 N–H and O–H groups in total. The van der Waals surface area contributed by atoms with Crippen LogP contribution in [-0.2, 0) is 27.2 Å². The quantitative estimate of drug-likeness (QED) is 0.648. The van der Waals surface area contributed by atoms with Crippen molar-refractivity contribution in [2.45, 2.75) is 5.08 Å². The molecule has 0 atom stereocenters. The number of nitrogens with two attached hydrogens (primary N) is 1. The Morgan fingerprint density at radius 3 is 1.38 bits per heavy atom. The van der Waals surface area contributed by atoms with Crippen LogP contribution in [-0.4, -0.2) is 45.2 Å². The van der Waals surface area contributed by atoms with E-state index in [1.165, 1.54) is 0 Å². The first kappa shape index (κ1) is 16.2. The molecular formula is C6H17NO7P2. The molecule has 16 heavy (non-hydrogen) atoms. The first-order valence-corrected chi connectivity index (χ1v) is 7.25. The van der Waals surface area contributed by atoms with Gasteiger partial charge in [-0.15, -0.1) is 0 Å². The molecule has 0 radical (unpaired) electrons. The average molecular weight is 277 g/mol. The predicted molar refractivity (Wildman–Crippen MR) is 57.3 cm³/mol. The second-order valence-electron chi connectivity index (χ2n) is 2.70. The molecule has 10 heteroatoms. The molecule has 0 aromatic rings. The molecule has 0 rings (SSSR count). The summed E-state index contributed by atoms with van der Waals surface area (Å²) in [6.45, 7) is -0.676. The molecule has 0 fully saturated rings. The van der Waals surface area contributed by atoms with Crippen LogP contribution in [0.1, 0.15) is 0 Å². The van der Waals surface area contributed by atoms with Crippen LogP contribution in [0.15, 0.2) is 0 Å². The van der Waals surface area contributed by atoms with Crippen LogP contribution in [0.25, 0.3) is 0 Å². The molecule has 0 aromatic heterocycles. The Hall–Kier alpha value is 0.220. The van der Waals surface area contributed by atoms with Gasteiger partial charge in [-0.2, -0.15) is 0 Å². The molecule has 0 bridgehead atoms. The Balaban J connectivity index is 5.69. The Bertz CT molecular complexity index is 278. The van der Waals surface area contributed by atoms with Gasteiger partial charge in [-0.25, -0.2) is 0 Å². The molecule has 0 heterocycles. The smallest absolute Gasteiger partial charge is 0.367 e. The van der Waals surface area contributed by atoms with E-state index < -0.39 is 26.8 Å². The second-order valence-corrected chi connectivity index (χ2v) is 7.99. The minimum Gasteiger partial charge on any atom is -0.367 e. The van der Waals surface area contributed by atoms with Gasteiger partial charge in [-0.1, -0.05) is 0 Å². The van der Waals surface area contributed by atoms with Crippen molar-refractivity contribution in [2.75, 3.05) is 35.0 Å². The molecule has 98 valence electrons. The highest BCUT2D eigenvalue weighted by Crippen LogP contribution is 2.75. The summed E-state index contributed by atoms with van der Waals surface area (Å²) in [6.07, 6.45) is 0. The van der Waals surface area contributed by atoms with E-state index >= 15 is 0 Å². The molecule has 0 aliphatic heterocycles. The van der Waals surface area contributed by atoms with Crippen molar-refractivity contribution >= 4 is 15.2 Å². The van der Waals surface area contributed by atoms with E-state index in [-0.39, 0.29) is 0 Å². The highest BCUT2D eigenvalue weighted by molar-refractivity contribution is 7.73. The van der Waals surface area contributed by atoms with E-state index in [0.717, 1.165) is 28.4 Å². The summed E-state index contributed by atoms with van der Waals surface area (Å²) in [4.78, 5) is 0. The fraction of sp³-hybridized carbons (Fsp3) is 1.00. The van der Waals surface area contributed by atoms with Gasteiger partial charge in [0.15, 0.2) is 0 Å². The van der Waals surface area contributed by atoms with E-state index in [1.807, 2.05) is 0 Å². The zero-order chi connectivity index (χ0) is 13.0. The van der Waals surface area contributed by atoms with E-state index in [1.54, 1.807) is 0 Å². The van der Waals surface area contributed by atoms with Crippen LogP contribution >= 0.6 is 15.2 Å². The van der Waals surface area contributed by atoms with Crippen molar-refractivity contribution in [1.29, 1.82) is 0 Å². The maximum Gasteiger partial charge on any atom is 0.375 e. The molecular weight excluding hydrogens is 260 g/mol. The molecule has 8 nitrogen and oxygen atoms in total. The Morgan fingerprint density at radius 2 is 1.25 bits per heavy atom. The Labute approximate surface area is 94.1 Å². The van der Waals surface area contributed by atoms with Crippen LogP contribution < -0.4 is 5.73 Å². The first-order valence-electron chi connectivity index (χ1n) is 4.16. The molecule has 0 aromatic carbocycles.